The van der Waals surface area contributed by atoms with Crippen LogP contribution in [-0.2, 0) is 10.1 Å². The third-order valence-corrected chi connectivity index (χ3v) is 3.05. The number of hydrogen-bond donors (Lipinski definition) is 1. The van der Waals surface area contributed by atoms with Gasteiger partial charge < -0.3 is 9.87 Å². The molecule has 2 aromatic carbocycles. The maximum absolute atomic E-state index is 10.7. The molecule has 2 rings (SSSR count). The van der Waals surface area contributed by atoms with Crippen molar-refractivity contribution in [3.8, 4) is 0 Å². The van der Waals surface area contributed by atoms with E-state index in [0.29, 0.717) is 0 Å². The molecule has 0 aromatic heterocycles. The summed E-state index contributed by atoms with van der Waals surface area (Å²) in [4.78, 5) is -0.226. The topological polar surface area (TPSA) is 69.2 Å². The molecular weight excluding hydrogens is 261 g/mol. The summed E-state index contributed by atoms with van der Waals surface area (Å²) in [7, 11) is -4.37. The van der Waals surface area contributed by atoms with E-state index >= 15 is 0 Å². The molecule has 0 saturated heterocycles. The SMILES string of the molecule is O=S(=O)([O-])c1ccc(Nc2ccccc2)cc1.[Na+]. The third-order valence-electron chi connectivity index (χ3n) is 2.21. The van der Waals surface area contributed by atoms with Crippen LogP contribution in [0.15, 0.2) is 59.5 Å². The van der Waals surface area contributed by atoms with Gasteiger partial charge >= 0.3 is 29.6 Å². The first kappa shape index (κ1) is 15.2. The van der Waals surface area contributed by atoms with E-state index in [4.69, 9.17) is 0 Å². The molecule has 0 saturated carbocycles. The Hall–Kier alpha value is -0.850. The van der Waals surface area contributed by atoms with Gasteiger partial charge in [-0.3, -0.25) is 0 Å². The molecule has 0 aliphatic rings. The van der Waals surface area contributed by atoms with Crippen molar-refractivity contribution in [1.82, 2.24) is 0 Å². The summed E-state index contributed by atoms with van der Waals surface area (Å²) >= 11 is 0. The third kappa shape index (κ3) is 4.12. The molecule has 4 nitrogen and oxygen atoms in total. The molecule has 0 heterocycles. The molecule has 6 heteroatoms. The van der Waals surface area contributed by atoms with Crippen LogP contribution >= 0.6 is 0 Å². The van der Waals surface area contributed by atoms with Crippen molar-refractivity contribution >= 4 is 21.5 Å². The number of hydrogen-bond acceptors (Lipinski definition) is 4. The summed E-state index contributed by atoms with van der Waals surface area (Å²) in [5.41, 5.74) is 1.62. The molecule has 18 heavy (non-hydrogen) atoms. The monoisotopic (exact) mass is 271 g/mol. The molecule has 1 N–H and O–H groups in total. The number of nitrogens with one attached hydrogen (secondary N) is 1. The molecule has 0 amide bonds. The van der Waals surface area contributed by atoms with Gasteiger partial charge in [-0.2, -0.15) is 0 Å². The quantitative estimate of drug-likeness (QED) is 0.594. The molecule has 0 radical (unpaired) electrons. The molecule has 0 fully saturated rings. The summed E-state index contributed by atoms with van der Waals surface area (Å²) in [5.74, 6) is 0. The van der Waals surface area contributed by atoms with Crippen molar-refractivity contribution in [3.63, 3.8) is 0 Å². The average molecular weight is 271 g/mol. The van der Waals surface area contributed by atoms with E-state index in [0.717, 1.165) is 11.4 Å². The fraction of sp³-hybridized carbons (Fsp3) is 0. The smallest absolute Gasteiger partial charge is 0.744 e. The molecule has 0 spiro atoms. The zero-order chi connectivity index (χ0) is 12.3. The van der Waals surface area contributed by atoms with E-state index < -0.39 is 10.1 Å². The minimum atomic E-state index is -4.37. The van der Waals surface area contributed by atoms with Crippen molar-refractivity contribution in [3.05, 3.63) is 54.6 Å². The van der Waals surface area contributed by atoms with Gasteiger partial charge in [-0.15, -0.1) is 0 Å². The fourth-order valence-corrected chi connectivity index (χ4v) is 1.86. The first-order valence-corrected chi connectivity index (χ1v) is 6.34. The molecule has 0 bridgehead atoms. The first-order chi connectivity index (χ1) is 8.05. The Balaban J connectivity index is 0.00000162. The van der Waals surface area contributed by atoms with Crippen LogP contribution in [0.5, 0.6) is 0 Å². The molecule has 88 valence electrons. The van der Waals surface area contributed by atoms with E-state index in [2.05, 4.69) is 5.32 Å². The van der Waals surface area contributed by atoms with Crippen LogP contribution in [0.4, 0.5) is 11.4 Å². The van der Waals surface area contributed by atoms with Gasteiger partial charge in [0, 0.05) is 11.4 Å². The van der Waals surface area contributed by atoms with Crippen LogP contribution in [-0.4, -0.2) is 13.0 Å². The Morgan fingerprint density at radius 1 is 0.833 bits per heavy atom. The summed E-state index contributed by atoms with van der Waals surface area (Å²) in [6, 6.07) is 15.1. The van der Waals surface area contributed by atoms with Crippen molar-refractivity contribution in [2.24, 2.45) is 0 Å². The molecular formula is C12H10NNaO3S. The summed E-state index contributed by atoms with van der Waals surface area (Å²) in [6.07, 6.45) is 0. The minimum absolute atomic E-state index is 0. The van der Waals surface area contributed by atoms with Gasteiger partial charge in [-0.05, 0) is 36.4 Å². The number of anilines is 2. The van der Waals surface area contributed by atoms with Gasteiger partial charge in [0.25, 0.3) is 0 Å². The van der Waals surface area contributed by atoms with Gasteiger partial charge in [-0.1, -0.05) is 18.2 Å². The summed E-state index contributed by atoms with van der Waals surface area (Å²) in [5, 5.41) is 3.09. The van der Waals surface area contributed by atoms with Crippen molar-refractivity contribution in [2.45, 2.75) is 4.90 Å². The summed E-state index contributed by atoms with van der Waals surface area (Å²) < 4.78 is 32.2. The zero-order valence-electron chi connectivity index (χ0n) is 9.83. The predicted octanol–water partition coefficient (Wildman–Crippen LogP) is -0.662. The van der Waals surface area contributed by atoms with Crippen molar-refractivity contribution in [1.29, 1.82) is 0 Å². The molecule has 0 atom stereocenters. The Morgan fingerprint density at radius 2 is 1.33 bits per heavy atom. The Labute approximate surface area is 128 Å². The average Bonchev–Trinajstić information content (AvgIpc) is 2.30. The maximum atomic E-state index is 10.7. The molecule has 0 aliphatic heterocycles. The van der Waals surface area contributed by atoms with Gasteiger partial charge in [-0.25, -0.2) is 8.42 Å². The van der Waals surface area contributed by atoms with E-state index in [1.54, 1.807) is 12.1 Å². The molecule has 0 unspecified atom stereocenters. The fourth-order valence-electron chi connectivity index (χ4n) is 1.39. The van der Waals surface area contributed by atoms with Crippen molar-refractivity contribution < 1.29 is 42.5 Å². The largest absolute Gasteiger partial charge is 1.00 e. The minimum Gasteiger partial charge on any atom is -0.744 e. The van der Waals surface area contributed by atoms with E-state index in [9.17, 15) is 13.0 Å². The second kappa shape index (κ2) is 6.36. The predicted molar refractivity (Wildman–Crippen MR) is 64.1 cm³/mol. The zero-order valence-corrected chi connectivity index (χ0v) is 12.6. The Morgan fingerprint density at radius 3 is 1.83 bits per heavy atom. The summed E-state index contributed by atoms with van der Waals surface area (Å²) in [6.45, 7) is 0. The van der Waals surface area contributed by atoms with E-state index in [-0.39, 0.29) is 34.5 Å². The van der Waals surface area contributed by atoms with Crippen LogP contribution < -0.4 is 34.9 Å². The van der Waals surface area contributed by atoms with Gasteiger partial charge in [0.2, 0.25) is 0 Å². The number of rotatable bonds is 3. The molecule has 2 aromatic rings. The Kier molecular flexibility index (Phi) is 5.37. The van der Waals surface area contributed by atoms with Gasteiger partial charge in [0.15, 0.2) is 0 Å². The first-order valence-electron chi connectivity index (χ1n) is 4.94. The van der Waals surface area contributed by atoms with E-state index in [1.807, 2.05) is 30.3 Å². The van der Waals surface area contributed by atoms with Gasteiger partial charge in [0.05, 0.1) is 4.90 Å². The maximum Gasteiger partial charge on any atom is 1.00 e. The number of para-hydroxylation sites is 1. The standard InChI is InChI=1S/C12H11NO3S.Na/c14-17(15,16)12-8-6-11(7-9-12)13-10-4-2-1-3-5-10;/h1-9,13H,(H,14,15,16);/q;+1/p-1. The normalized spacial score (nSPS) is 10.5. The van der Waals surface area contributed by atoms with Crippen LogP contribution in [0.2, 0.25) is 0 Å². The second-order valence-corrected chi connectivity index (χ2v) is 4.85. The van der Waals surface area contributed by atoms with E-state index in [1.165, 1.54) is 12.1 Å². The van der Waals surface area contributed by atoms with Crippen molar-refractivity contribution in [2.75, 3.05) is 5.32 Å². The van der Waals surface area contributed by atoms with Gasteiger partial charge in [0.1, 0.15) is 10.1 Å². The number of benzene rings is 2. The molecule has 0 aliphatic carbocycles. The van der Waals surface area contributed by atoms with Crippen LogP contribution in [0, 0.1) is 0 Å². The van der Waals surface area contributed by atoms with Crippen LogP contribution in [0.1, 0.15) is 0 Å². The Bertz CT molecular complexity index is 597. The van der Waals surface area contributed by atoms with Crippen LogP contribution in [0.25, 0.3) is 0 Å². The second-order valence-electron chi connectivity index (χ2n) is 3.47. The van der Waals surface area contributed by atoms with Crippen LogP contribution in [0.3, 0.4) is 0 Å².